The summed E-state index contributed by atoms with van der Waals surface area (Å²) in [6.45, 7) is -0.0295. The molecule has 0 aliphatic carbocycles. The van der Waals surface area contributed by atoms with Crippen LogP contribution in [0.25, 0.3) is 0 Å². The minimum atomic E-state index is -3.11. The van der Waals surface area contributed by atoms with Crippen LogP contribution in [0.15, 0.2) is 12.1 Å². The van der Waals surface area contributed by atoms with Crippen molar-refractivity contribution in [1.29, 1.82) is 0 Å². The Balaban J connectivity index is 1.71. The first kappa shape index (κ1) is 22.6. The van der Waals surface area contributed by atoms with E-state index in [1.807, 2.05) is 0 Å². The lowest BCUT2D eigenvalue weighted by Crippen LogP contribution is -2.38. The van der Waals surface area contributed by atoms with Crippen molar-refractivity contribution in [2.24, 2.45) is 5.73 Å². The lowest BCUT2D eigenvalue weighted by Gasteiger charge is -2.24. The number of rotatable bonds is 6. The van der Waals surface area contributed by atoms with Crippen LogP contribution < -0.4 is 15.5 Å². The van der Waals surface area contributed by atoms with Crippen LogP contribution in [-0.2, 0) is 14.4 Å². The monoisotopic (exact) mass is 448 g/mol. The van der Waals surface area contributed by atoms with E-state index in [0.29, 0.717) is 0 Å². The summed E-state index contributed by atoms with van der Waals surface area (Å²) in [7, 11) is 0. The molecule has 2 aliphatic rings. The lowest BCUT2D eigenvalue weighted by atomic mass is 10.1. The van der Waals surface area contributed by atoms with Crippen molar-refractivity contribution in [2.75, 3.05) is 42.6 Å². The zero-order valence-corrected chi connectivity index (χ0v) is 16.2. The summed E-state index contributed by atoms with van der Waals surface area (Å²) in [4.78, 5) is 41.7. The van der Waals surface area contributed by atoms with Crippen molar-refractivity contribution in [3.63, 3.8) is 0 Å². The maximum atomic E-state index is 14.8. The Kier molecular flexibility index (Phi) is 6.83. The van der Waals surface area contributed by atoms with E-state index >= 15 is 0 Å². The third-order valence-electron chi connectivity index (χ3n) is 4.89. The molecule has 170 valence electrons. The first-order valence-corrected chi connectivity index (χ1v) is 9.40. The van der Waals surface area contributed by atoms with Crippen LogP contribution in [0, 0.1) is 11.6 Å². The number of urea groups is 1. The molecular formula is C18H20F4N4O5. The molecule has 1 aromatic rings. The van der Waals surface area contributed by atoms with E-state index in [9.17, 15) is 31.9 Å². The Morgan fingerprint density at radius 1 is 1.16 bits per heavy atom. The maximum Gasteiger partial charge on any atom is 0.414 e. The van der Waals surface area contributed by atoms with Gasteiger partial charge in [0, 0.05) is 31.6 Å². The SMILES string of the molecule is NC(=O)N1CCN(c2c(F)cc(N3C[C@H](CCC(=O)C(F)F)OC3=O)cc2F)CCO1. The molecular weight excluding hydrogens is 428 g/mol. The number of alkyl halides is 2. The van der Waals surface area contributed by atoms with Crippen LogP contribution in [0.2, 0.25) is 0 Å². The van der Waals surface area contributed by atoms with Crippen LogP contribution in [0.3, 0.4) is 0 Å². The molecule has 0 radical (unpaired) electrons. The number of anilines is 2. The van der Waals surface area contributed by atoms with Gasteiger partial charge in [-0.25, -0.2) is 32.2 Å². The fraction of sp³-hybridized carbons (Fsp3) is 0.500. The van der Waals surface area contributed by atoms with Crippen molar-refractivity contribution in [1.82, 2.24) is 5.06 Å². The summed E-state index contributed by atoms with van der Waals surface area (Å²) in [6, 6.07) is 1.07. The summed E-state index contributed by atoms with van der Waals surface area (Å²) in [5.41, 5.74) is 4.67. The number of hydrogen-bond acceptors (Lipinski definition) is 6. The van der Waals surface area contributed by atoms with Gasteiger partial charge in [-0.15, -0.1) is 0 Å². The molecule has 2 fully saturated rings. The average molecular weight is 448 g/mol. The number of primary amides is 1. The first-order valence-electron chi connectivity index (χ1n) is 9.40. The van der Waals surface area contributed by atoms with Gasteiger partial charge in [-0.1, -0.05) is 0 Å². The lowest BCUT2D eigenvalue weighted by molar-refractivity contribution is -0.129. The normalized spacial score (nSPS) is 19.6. The Bertz CT molecular complexity index is 848. The zero-order chi connectivity index (χ0) is 22.7. The Morgan fingerprint density at radius 2 is 1.84 bits per heavy atom. The summed E-state index contributed by atoms with van der Waals surface area (Å²) in [6.07, 6.45) is -5.48. The van der Waals surface area contributed by atoms with Crippen LogP contribution in [0.1, 0.15) is 12.8 Å². The van der Waals surface area contributed by atoms with E-state index in [4.69, 9.17) is 15.3 Å². The molecule has 2 saturated heterocycles. The van der Waals surface area contributed by atoms with Gasteiger partial charge in [-0.05, 0) is 6.42 Å². The number of nitrogens with two attached hydrogens (primary N) is 1. The van der Waals surface area contributed by atoms with E-state index in [0.717, 1.165) is 22.1 Å². The van der Waals surface area contributed by atoms with Crippen LogP contribution in [0.4, 0.5) is 38.5 Å². The Morgan fingerprint density at radius 3 is 2.45 bits per heavy atom. The van der Waals surface area contributed by atoms with Crippen molar-refractivity contribution >= 4 is 29.3 Å². The van der Waals surface area contributed by atoms with Crippen molar-refractivity contribution in [3.05, 3.63) is 23.8 Å². The minimum absolute atomic E-state index is 0.00651. The highest BCUT2D eigenvalue weighted by Crippen LogP contribution is 2.32. The predicted octanol–water partition coefficient (Wildman–Crippen LogP) is 2.04. The van der Waals surface area contributed by atoms with Crippen molar-refractivity contribution in [3.8, 4) is 0 Å². The predicted molar refractivity (Wildman–Crippen MR) is 98.7 cm³/mol. The summed E-state index contributed by atoms with van der Waals surface area (Å²) < 4.78 is 59.1. The average Bonchev–Trinajstić information content (AvgIpc) is 2.90. The van der Waals surface area contributed by atoms with Crippen molar-refractivity contribution < 1.29 is 41.5 Å². The van der Waals surface area contributed by atoms with Gasteiger partial charge in [0.25, 0.3) is 6.43 Å². The van der Waals surface area contributed by atoms with Crippen LogP contribution >= 0.6 is 0 Å². The number of carbonyl (C=O) groups excluding carboxylic acids is 3. The minimum Gasteiger partial charge on any atom is -0.444 e. The largest absolute Gasteiger partial charge is 0.444 e. The van der Waals surface area contributed by atoms with Gasteiger partial charge >= 0.3 is 12.1 Å². The summed E-state index contributed by atoms with van der Waals surface area (Å²) >= 11 is 0. The summed E-state index contributed by atoms with van der Waals surface area (Å²) in [5.74, 6) is -3.18. The second kappa shape index (κ2) is 9.37. The van der Waals surface area contributed by atoms with E-state index < -0.39 is 48.5 Å². The number of nitrogens with zero attached hydrogens (tertiary/aromatic N) is 3. The molecule has 3 amide bonds. The summed E-state index contributed by atoms with van der Waals surface area (Å²) in [5, 5.41) is 0.892. The zero-order valence-electron chi connectivity index (χ0n) is 16.2. The molecule has 0 saturated carbocycles. The van der Waals surface area contributed by atoms with Crippen LogP contribution in [0.5, 0.6) is 0 Å². The quantitative estimate of drug-likeness (QED) is 0.668. The smallest absolute Gasteiger partial charge is 0.414 e. The highest BCUT2D eigenvalue weighted by Gasteiger charge is 2.34. The third-order valence-corrected chi connectivity index (χ3v) is 4.89. The van der Waals surface area contributed by atoms with E-state index in [2.05, 4.69) is 0 Å². The fourth-order valence-electron chi connectivity index (χ4n) is 3.35. The number of ketones is 1. The number of hydrogen-bond donors (Lipinski definition) is 1. The number of cyclic esters (lactones) is 1. The number of Topliss-reactive ketones (excluding diaryl/α,β-unsaturated/α-hetero) is 1. The maximum absolute atomic E-state index is 14.8. The van der Waals surface area contributed by atoms with E-state index in [-0.39, 0.29) is 50.6 Å². The number of hydroxylamine groups is 2. The second-order valence-electron chi connectivity index (χ2n) is 6.94. The molecule has 0 bridgehead atoms. The van der Waals surface area contributed by atoms with Gasteiger partial charge in [0.15, 0.2) is 17.4 Å². The van der Waals surface area contributed by atoms with Gasteiger partial charge in [0.2, 0.25) is 0 Å². The molecule has 2 N–H and O–H groups in total. The standard InChI is InChI=1S/C18H20F4N4O5/c19-12-7-10(25-9-11(31-18(25)29)1-2-14(27)16(21)22)8-13(20)15(12)24-3-4-26(17(23)28)30-6-5-24/h7-8,11,16H,1-6,9H2,(H2,23,28)/t11-/m0/s1. The van der Waals surface area contributed by atoms with Crippen molar-refractivity contribution in [2.45, 2.75) is 25.4 Å². The first-order chi connectivity index (χ1) is 14.7. The Hall–Kier alpha value is -3.09. The Labute approximate surface area is 174 Å². The number of carbonyl (C=O) groups is 3. The molecule has 0 spiro atoms. The van der Waals surface area contributed by atoms with E-state index in [1.54, 1.807) is 0 Å². The molecule has 9 nitrogen and oxygen atoms in total. The molecule has 1 aromatic carbocycles. The molecule has 1 atom stereocenters. The van der Waals surface area contributed by atoms with Gasteiger partial charge < -0.3 is 15.4 Å². The van der Waals surface area contributed by atoms with Gasteiger partial charge in [-0.2, -0.15) is 0 Å². The fourth-order valence-corrected chi connectivity index (χ4v) is 3.35. The number of benzene rings is 1. The topological polar surface area (TPSA) is 105 Å². The molecule has 0 unspecified atom stereocenters. The molecule has 2 aliphatic heterocycles. The molecule has 2 heterocycles. The number of ether oxygens (including phenoxy) is 1. The molecule has 0 aromatic heterocycles. The van der Waals surface area contributed by atoms with Gasteiger partial charge in [-0.3, -0.25) is 14.5 Å². The van der Waals surface area contributed by atoms with Gasteiger partial charge in [0.05, 0.1) is 25.4 Å². The second-order valence-corrected chi connectivity index (χ2v) is 6.94. The highest BCUT2D eigenvalue weighted by molar-refractivity contribution is 5.90. The van der Waals surface area contributed by atoms with E-state index in [1.165, 1.54) is 4.90 Å². The molecule has 3 rings (SSSR count). The molecule has 31 heavy (non-hydrogen) atoms. The molecule has 13 heteroatoms. The number of halogens is 4. The van der Waals surface area contributed by atoms with Gasteiger partial charge in [0.1, 0.15) is 11.8 Å². The van der Waals surface area contributed by atoms with Crippen LogP contribution in [-0.4, -0.2) is 68.3 Å². The number of amides is 3. The highest BCUT2D eigenvalue weighted by atomic mass is 19.3. The third kappa shape index (κ3) is 5.16.